The minimum atomic E-state index is -1.04. The summed E-state index contributed by atoms with van der Waals surface area (Å²) < 4.78 is 2.59. The molecule has 15 heavy (non-hydrogen) atoms. The molecule has 7 nitrogen and oxygen atoms in total. The summed E-state index contributed by atoms with van der Waals surface area (Å²) in [7, 11) is 1.52. The highest BCUT2D eigenvalue weighted by Crippen LogP contribution is 1.95. The van der Waals surface area contributed by atoms with Gasteiger partial charge in [0.25, 0.3) is 0 Å². The number of amides is 1. The van der Waals surface area contributed by atoms with Crippen molar-refractivity contribution in [3.8, 4) is 0 Å². The maximum atomic E-state index is 11.0. The van der Waals surface area contributed by atoms with Crippen LogP contribution in [0.1, 0.15) is 6.92 Å². The van der Waals surface area contributed by atoms with Crippen molar-refractivity contribution in [3.63, 3.8) is 0 Å². The van der Waals surface area contributed by atoms with Gasteiger partial charge in [0.05, 0.1) is 0 Å². The fraction of sp³-hybridized carbons (Fsp3) is 0.429. The number of aliphatic carboxylic acids is 1. The Bertz CT molecular complexity index is 449. The number of nitrogens with zero attached hydrogens (tertiary/aromatic N) is 4. The van der Waals surface area contributed by atoms with Crippen LogP contribution in [0.5, 0.6) is 0 Å². The zero-order valence-corrected chi connectivity index (χ0v) is 9.06. The molecular formula is C7H10N4O3S. The highest BCUT2D eigenvalue weighted by Gasteiger charge is 2.10. The molecule has 0 aliphatic carbocycles. The number of hydrogen-bond donors (Lipinski definition) is 1. The first kappa shape index (κ1) is 11.4. The summed E-state index contributed by atoms with van der Waals surface area (Å²) in [5.41, 5.74) is 0. The summed E-state index contributed by atoms with van der Waals surface area (Å²) in [6.07, 6.45) is 1.30. The van der Waals surface area contributed by atoms with E-state index in [2.05, 4.69) is 5.10 Å². The average molecular weight is 230 g/mol. The maximum absolute atomic E-state index is 11.0. The van der Waals surface area contributed by atoms with E-state index in [0.29, 0.717) is 0 Å². The monoisotopic (exact) mass is 230 g/mol. The van der Waals surface area contributed by atoms with Gasteiger partial charge in [-0.25, -0.2) is 14.4 Å². The van der Waals surface area contributed by atoms with Gasteiger partial charge in [-0.05, 0) is 12.2 Å². The first-order chi connectivity index (χ1) is 6.93. The van der Waals surface area contributed by atoms with Gasteiger partial charge in [-0.2, -0.15) is 5.10 Å². The predicted octanol–water partition coefficient (Wildman–Crippen LogP) is -0.387. The first-order valence-electron chi connectivity index (χ1n) is 4.04. The van der Waals surface area contributed by atoms with Gasteiger partial charge in [-0.15, -0.1) is 0 Å². The summed E-state index contributed by atoms with van der Waals surface area (Å²) in [5, 5.41) is 13.6. The third-order valence-corrected chi connectivity index (χ3v) is 2.18. The zero-order chi connectivity index (χ0) is 11.6. The van der Waals surface area contributed by atoms with Gasteiger partial charge in [-0.3, -0.25) is 9.59 Å². The first-order valence-corrected chi connectivity index (χ1v) is 4.45. The lowest BCUT2D eigenvalue weighted by Gasteiger charge is -2.14. The van der Waals surface area contributed by atoms with Crippen molar-refractivity contribution in [1.29, 1.82) is 0 Å². The third-order valence-electron chi connectivity index (χ3n) is 1.78. The van der Waals surface area contributed by atoms with Gasteiger partial charge in [0.2, 0.25) is 10.7 Å². The molecule has 0 spiro atoms. The van der Waals surface area contributed by atoms with Gasteiger partial charge in [-0.1, -0.05) is 0 Å². The third kappa shape index (κ3) is 2.40. The van der Waals surface area contributed by atoms with Gasteiger partial charge >= 0.3 is 5.97 Å². The summed E-state index contributed by atoms with van der Waals surface area (Å²) in [5.74, 6) is -1.26. The molecule has 1 N–H and O–H groups in total. The van der Waals surface area contributed by atoms with E-state index in [-0.39, 0.29) is 17.2 Å². The molecule has 0 fully saturated rings. The van der Waals surface area contributed by atoms with Crippen molar-refractivity contribution in [3.05, 3.63) is 11.1 Å². The molecule has 0 radical (unpaired) electrons. The zero-order valence-electron chi connectivity index (χ0n) is 8.25. The molecule has 1 rings (SSSR count). The topological polar surface area (TPSA) is 80.4 Å². The van der Waals surface area contributed by atoms with Crippen LogP contribution in [0.25, 0.3) is 0 Å². The minimum Gasteiger partial charge on any atom is -0.480 e. The molecule has 0 saturated carbocycles. The fourth-order valence-corrected chi connectivity index (χ4v) is 1.20. The fourth-order valence-electron chi connectivity index (χ4n) is 0.922. The summed E-state index contributed by atoms with van der Waals surface area (Å²) in [4.78, 5) is 21.5. The molecular weight excluding hydrogens is 220 g/mol. The molecule has 82 valence electrons. The van der Waals surface area contributed by atoms with Gasteiger partial charge < -0.3 is 5.11 Å². The van der Waals surface area contributed by atoms with E-state index in [1.54, 1.807) is 0 Å². The Balaban J connectivity index is 3.04. The second-order valence-corrected chi connectivity index (χ2v) is 3.22. The van der Waals surface area contributed by atoms with Crippen LogP contribution in [0.3, 0.4) is 0 Å². The molecule has 1 amide bonds. The van der Waals surface area contributed by atoms with Gasteiger partial charge in [0, 0.05) is 14.0 Å². The summed E-state index contributed by atoms with van der Waals surface area (Å²) >= 11 is 4.95. The van der Waals surface area contributed by atoms with Crippen LogP contribution in [-0.2, 0) is 16.1 Å². The Morgan fingerprint density at radius 1 is 1.67 bits per heavy atom. The Hall–Kier alpha value is -1.70. The Morgan fingerprint density at radius 2 is 2.27 bits per heavy atom. The number of aromatic nitrogens is 3. The second-order valence-electron chi connectivity index (χ2n) is 2.85. The lowest BCUT2D eigenvalue weighted by Crippen LogP contribution is -2.34. The molecule has 0 unspecified atom stereocenters. The molecule has 1 aromatic rings. The second kappa shape index (κ2) is 4.22. The molecule has 0 bridgehead atoms. The molecule has 8 heteroatoms. The van der Waals surface area contributed by atoms with E-state index in [1.807, 2.05) is 0 Å². The minimum absolute atomic E-state index is 0.162. The van der Waals surface area contributed by atoms with Crippen molar-refractivity contribution in [2.24, 2.45) is 0 Å². The normalized spacial score (nSPS) is 10.0. The van der Waals surface area contributed by atoms with Crippen molar-refractivity contribution in [1.82, 2.24) is 14.5 Å². The predicted molar refractivity (Wildman–Crippen MR) is 53.5 cm³/mol. The van der Waals surface area contributed by atoms with Crippen LogP contribution in [0.4, 0.5) is 0 Å². The van der Waals surface area contributed by atoms with E-state index in [1.165, 1.54) is 30.0 Å². The van der Waals surface area contributed by atoms with E-state index in [4.69, 9.17) is 17.3 Å². The number of hydrogen-bond acceptors (Lipinski definition) is 4. The number of carboxylic acids is 1. The largest absolute Gasteiger partial charge is 0.480 e. The lowest BCUT2D eigenvalue weighted by molar-refractivity contribution is -0.137. The summed E-state index contributed by atoms with van der Waals surface area (Å²) in [6.45, 7) is 1.05. The molecule has 1 heterocycles. The van der Waals surface area contributed by atoms with Crippen molar-refractivity contribution >= 4 is 24.1 Å². The highest BCUT2D eigenvalue weighted by atomic mass is 32.1. The number of carboxylic acid groups (broad SMARTS) is 1. The van der Waals surface area contributed by atoms with E-state index < -0.39 is 5.97 Å². The molecule has 0 aliphatic heterocycles. The Labute approximate surface area is 90.5 Å². The van der Waals surface area contributed by atoms with Crippen LogP contribution in [0.2, 0.25) is 0 Å². The summed E-state index contributed by atoms with van der Waals surface area (Å²) in [6, 6.07) is 0. The Kier molecular flexibility index (Phi) is 3.20. The van der Waals surface area contributed by atoms with Gasteiger partial charge in [0.1, 0.15) is 12.9 Å². The molecule has 0 aliphatic rings. The number of rotatable bonds is 3. The molecule has 0 saturated heterocycles. The van der Waals surface area contributed by atoms with Crippen molar-refractivity contribution < 1.29 is 14.7 Å². The van der Waals surface area contributed by atoms with Crippen molar-refractivity contribution in [2.45, 2.75) is 13.5 Å². The standard InChI is InChI=1S/C7H10N4O3S/c1-5(12)9(2)11-4-8-10(7(11)15)3-6(13)14/h4H,3H2,1-2H3,(H,13,14). The van der Waals surface area contributed by atoms with Gasteiger partial charge in [0.15, 0.2) is 0 Å². The lowest BCUT2D eigenvalue weighted by atomic mass is 10.7. The highest BCUT2D eigenvalue weighted by molar-refractivity contribution is 7.71. The molecule has 0 aromatic carbocycles. The van der Waals surface area contributed by atoms with Crippen molar-refractivity contribution in [2.75, 3.05) is 12.1 Å². The Morgan fingerprint density at radius 3 is 2.73 bits per heavy atom. The van der Waals surface area contributed by atoms with E-state index in [9.17, 15) is 9.59 Å². The van der Waals surface area contributed by atoms with Crippen LogP contribution >= 0.6 is 12.2 Å². The number of carbonyl (C=O) groups excluding carboxylic acids is 1. The number of carbonyl (C=O) groups is 2. The quantitative estimate of drug-likeness (QED) is 0.715. The van der Waals surface area contributed by atoms with Crippen LogP contribution in [-0.4, -0.2) is 38.5 Å². The molecule has 1 aromatic heterocycles. The van der Waals surface area contributed by atoms with E-state index in [0.717, 1.165) is 4.68 Å². The van der Waals surface area contributed by atoms with Crippen LogP contribution < -0.4 is 5.01 Å². The smallest absolute Gasteiger partial charge is 0.325 e. The van der Waals surface area contributed by atoms with Crippen LogP contribution in [0.15, 0.2) is 6.33 Å². The average Bonchev–Trinajstić information content (AvgIpc) is 2.46. The maximum Gasteiger partial charge on any atom is 0.325 e. The molecule has 0 atom stereocenters. The van der Waals surface area contributed by atoms with E-state index >= 15 is 0 Å². The SMILES string of the molecule is CC(=O)N(C)n1cnn(CC(=O)O)c1=S. The van der Waals surface area contributed by atoms with Crippen LogP contribution in [0, 0.1) is 4.77 Å².